The summed E-state index contributed by atoms with van der Waals surface area (Å²) in [5, 5.41) is 14.1. The van der Waals surface area contributed by atoms with Gasteiger partial charge in [-0.15, -0.1) is 10.2 Å². The summed E-state index contributed by atoms with van der Waals surface area (Å²) >= 11 is 1.26. The van der Waals surface area contributed by atoms with Crippen molar-refractivity contribution in [1.82, 2.24) is 25.4 Å². The predicted octanol–water partition coefficient (Wildman–Crippen LogP) is 3.48. The van der Waals surface area contributed by atoms with Crippen LogP contribution in [0.4, 0.5) is 4.79 Å². The summed E-state index contributed by atoms with van der Waals surface area (Å²) in [5.74, 6) is 2.00. The highest BCUT2D eigenvalue weighted by molar-refractivity contribution is 7.99. The molecule has 1 aromatic carbocycles. The lowest BCUT2D eigenvalue weighted by Crippen LogP contribution is -2.41. The van der Waals surface area contributed by atoms with Crippen molar-refractivity contribution < 1.29 is 14.3 Å². The number of ether oxygens (including phenoxy) is 1. The van der Waals surface area contributed by atoms with Crippen LogP contribution in [-0.2, 0) is 17.9 Å². The van der Waals surface area contributed by atoms with Crippen molar-refractivity contribution in [2.24, 2.45) is 11.8 Å². The number of nitrogens with zero attached hydrogens (tertiary/aromatic N) is 3. The maximum Gasteiger partial charge on any atom is 0.321 e. The fourth-order valence-electron chi connectivity index (χ4n) is 2.44. The summed E-state index contributed by atoms with van der Waals surface area (Å²) in [5.41, 5.74) is 0. The minimum Gasteiger partial charge on any atom is -0.486 e. The van der Waals surface area contributed by atoms with E-state index in [9.17, 15) is 9.59 Å². The van der Waals surface area contributed by atoms with E-state index in [2.05, 4.69) is 34.7 Å². The van der Waals surface area contributed by atoms with E-state index in [1.54, 1.807) is 0 Å². The predicted molar refractivity (Wildman–Crippen MR) is 117 cm³/mol. The van der Waals surface area contributed by atoms with E-state index >= 15 is 0 Å². The average Bonchev–Trinajstić information content (AvgIpc) is 3.10. The molecule has 1 heterocycles. The third-order valence-corrected chi connectivity index (χ3v) is 5.06. The minimum atomic E-state index is -0.479. The van der Waals surface area contributed by atoms with E-state index in [-0.39, 0.29) is 11.7 Å². The van der Waals surface area contributed by atoms with Crippen molar-refractivity contribution in [2.45, 2.75) is 52.4 Å². The maximum absolute atomic E-state index is 12.1. The van der Waals surface area contributed by atoms with Gasteiger partial charge in [0.2, 0.25) is 5.91 Å². The molecule has 0 saturated heterocycles. The lowest BCUT2D eigenvalue weighted by atomic mass is 10.1. The summed E-state index contributed by atoms with van der Waals surface area (Å²) in [6.45, 7) is 9.82. The summed E-state index contributed by atoms with van der Waals surface area (Å²) in [6, 6.07) is 9.05. The number of imide groups is 1. The number of amides is 3. The number of carbonyl (C=O) groups excluding carboxylic acids is 2. The molecule has 1 aromatic heterocycles. The first-order valence-corrected chi connectivity index (χ1v) is 11.1. The monoisotopic (exact) mass is 433 g/mol. The first-order valence-electron chi connectivity index (χ1n) is 10.2. The SMILES string of the molecule is CC(C)CCn1c(COc2ccccc2)nnc1SCC(=O)NC(=O)NCC(C)C. The molecule has 2 rings (SSSR count). The van der Waals surface area contributed by atoms with E-state index in [1.807, 2.05) is 48.7 Å². The van der Waals surface area contributed by atoms with E-state index in [0.29, 0.717) is 36.0 Å². The lowest BCUT2D eigenvalue weighted by Gasteiger charge is -2.12. The zero-order valence-corrected chi connectivity index (χ0v) is 18.9. The van der Waals surface area contributed by atoms with Gasteiger partial charge in [0.25, 0.3) is 0 Å². The van der Waals surface area contributed by atoms with Gasteiger partial charge >= 0.3 is 6.03 Å². The van der Waals surface area contributed by atoms with Gasteiger partial charge in [0.1, 0.15) is 12.4 Å². The number of hydrogen-bond donors (Lipinski definition) is 2. The third kappa shape index (κ3) is 8.44. The fourth-order valence-corrected chi connectivity index (χ4v) is 3.23. The van der Waals surface area contributed by atoms with Gasteiger partial charge in [-0.2, -0.15) is 0 Å². The molecule has 0 aliphatic rings. The molecule has 0 bridgehead atoms. The number of para-hydroxylation sites is 1. The van der Waals surface area contributed by atoms with Crippen LogP contribution >= 0.6 is 11.8 Å². The Bertz CT molecular complexity index is 808. The van der Waals surface area contributed by atoms with Gasteiger partial charge in [-0.05, 0) is 30.4 Å². The van der Waals surface area contributed by atoms with Crippen molar-refractivity contribution in [3.8, 4) is 5.75 Å². The Hall–Kier alpha value is -2.55. The summed E-state index contributed by atoms with van der Waals surface area (Å²) in [4.78, 5) is 23.8. The van der Waals surface area contributed by atoms with Gasteiger partial charge in [0.05, 0.1) is 5.75 Å². The molecule has 8 nitrogen and oxygen atoms in total. The van der Waals surface area contributed by atoms with Crippen LogP contribution in [0.15, 0.2) is 35.5 Å². The first kappa shape index (κ1) is 23.7. The zero-order valence-electron chi connectivity index (χ0n) is 18.1. The number of thioether (sulfide) groups is 1. The summed E-state index contributed by atoms with van der Waals surface area (Å²) in [7, 11) is 0. The first-order chi connectivity index (χ1) is 14.3. The highest BCUT2D eigenvalue weighted by Gasteiger charge is 2.16. The Balaban J connectivity index is 1.95. The van der Waals surface area contributed by atoms with Crippen molar-refractivity contribution in [1.29, 1.82) is 0 Å². The highest BCUT2D eigenvalue weighted by Crippen LogP contribution is 2.20. The van der Waals surface area contributed by atoms with Crippen molar-refractivity contribution in [2.75, 3.05) is 12.3 Å². The third-order valence-electron chi connectivity index (χ3n) is 4.09. The second-order valence-corrected chi connectivity index (χ2v) is 8.72. The van der Waals surface area contributed by atoms with Crippen LogP contribution in [0.3, 0.4) is 0 Å². The zero-order chi connectivity index (χ0) is 21.9. The molecule has 0 aliphatic heterocycles. The molecule has 0 spiro atoms. The second-order valence-electron chi connectivity index (χ2n) is 7.78. The Labute approximate surface area is 182 Å². The number of aromatic nitrogens is 3. The molecule has 30 heavy (non-hydrogen) atoms. The molecular formula is C21H31N5O3S. The van der Waals surface area contributed by atoms with Gasteiger partial charge in [-0.3, -0.25) is 10.1 Å². The van der Waals surface area contributed by atoms with Crippen LogP contribution in [0.2, 0.25) is 0 Å². The number of urea groups is 1. The molecular weight excluding hydrogens is 402 g/mol. The Morgan fingerprint density at radius 2 is 1.83 bits per heavy atom. The normalized spacial score (nSPS) is 11.0. The van der Waals surface area contributed by atoms with Crippen LogP contribution < -0.4 is 15.4 Å². The van der Waals surface area contributed by atoms with Gasteiger partial charge in [-0.1, -0.05) is 57.7 Å². The van der Waals surface area contributed by atoms with Gasteiger partial charge in [0.15, 0.2) is 11.0 Å². The lowest BCUT2D eigenvalue weighted by molar-refractivity contribution is -0.117. The van der Waals surface area contributed by atoms with Crippen molar-refractivity contribution in [3.05, 3.63) is 36.2 Å². The van der Waals surface area contributed by atoms with Crippen LogP contribution in [0.25, 0.3) is 0 Å². The quantitative estimate of drug-likeness (QED) is 0.527. The van der Waals surface area contributed by atoms with E-state index in [0.717, 1.165) is 18.7 Å². The molecule has 2 N–H and O–H groups in total. The number of nitrogens with one attached hydrogen (secondary N) is 2. The molecule has 0 radical (unpaired) electrons. The summed E-state index contributed by atoms with van der Waals surface area (Å²) < 4.78 is 7.80. The Morgan fingerprint density at radius 1 is 1.10 bits per heavy atom. The summed E-state index contributed by atoms with van der Waals surface area (Å²) in [6.07, 6.45) is 0.952. The Morgan fingerprint density at radius 3 is 2.50 bits per heavy atom. The van der Waals surface area contributed by atoms with Crippen LogP contribution in [0.5, 0.6) is 5.75 Å². The number of rotatable bonds is 11. The van der Waals surface area contributed by atoms with Gasteiger partial charge in [-0.25, -0.2) is 4.79 Å². The van der Waals surface area contributed by atoms with Gasteiger partial charge < -0.3 is 14.6 Å². The standard InChI is InChI=1S/C21H31N5O3S/c1-15(2)10-11-26-18(13-29-17-8-6-5-7-9-17)24-25-21(26)30-14-19(27)23-20(28)22-12-16(3)4/h5-9,15-16H,10-14H2,1-4H3,(H2,22,23,27,28). The van der Waals surface area contributed by atoms with Crippen LogP contribution in [-0.4, -0.2) is 39.0 Å². The minimum absolute atomic E-state index is 0.0778. The van der Waals surface area contributed by atoms with Crippen LogP contribution in [0.1, 0.15) is 39.9 Å². The molecule has 2 aromatic rings. The smallest absolute Gasteiger partial charge is 0.321 e. The van der Waals surface area contributed by atoms with Crippen molar-refractivity contribution >= 4 is 23.7 Å². The van der Waals surface area contributed by atoms with Crippen LogP contribution in [0, 0.1) is 11.8 Å². The molecule has 9 heteroatoms. The molecule has 0 aliphatic carbocycles. The molecule has 0 saturated carbocycles. The largest absolute Gasteiger partial charge is 0.486 e. The topological polar surface area (TPSA) is 98.1 Å². The molecule has 164 valence electrons. The van der Waals surface area contributed by atoms with E-state index in [1.165, 1.54) is 11.8 Å². The fraction of sp³-hybridized carbons (Fsp3) is 0.524. The number of carbonyl (C=O) groups is 2. The van der Waals surface area contributed by atoms with E-state index < -0.39 is 6.03 Å². The van der Waals surface area contributed by atoms with Gasteiger partial charge in [0, 0.05) is 13.1 Å². The van der Waals surface area contributed by atoms with Crippen molar-refractivity contribution in [3.63, 3.8) is 0 Å². The average molecular weight is 434 g/mol. The number of benzene rings is 1. The maximum atomic E-state index is 12.1. The molecule has 0 unspecified atom stereocenters. The Kier molecular flexibility index (Phi) is 9.66. The van der Waals surface area contributed by atoms with E-state index in [4.69, 9.17) is 4.74 Å². The molecule has 0 atom stereocenters. The molecule has 3 amide bonds. The number of hydrogen-bond acceptors (Lipinski definition) is 6. The second kappa shape index (κ2) is 12.2. The highest BCUT2D eigenvalue weighted by atomic mass is 32.2. The molecule has 0 fully saturated rings.